The molecule has 0 heterocycles. The van der Waals surface area contributed by atoms with Gasteiger partial charge in [0.05, 0.1) is 6.54 Å². The molecule has 0 radical (unpaired) electrons. The number of hydrogen-bond donors (Lipinski definition) is 1. The Balaban J connectivity index is 0.000000387. The molecule has 108 valence electrons. The van der Waals surface area contributed by atoms with Crippen LogP contribution in [-0.4, -0.2) is 12.5 Å². The van der Waals surface area contributed by atoms with E-state index in [9.17, 15) is 4.79 Å². The van der Waals surface area contributed by atoms with Crippen molar-refractivity contribution in [1.29, 1.82) is 0 Å². The number of hydrogen-bond acceptors (Lipinski definition) is 3. The summed E-state index contributed by atoms with van der Waals surface area (Å²) in [6.07, 6.45) is 0. The van der Waals surface area contributed by atoms with Crippen LogP contribution in [0.2, 0.25) is 0 Å². The van der Waals surface area contributed by atoms with E-state index in [1.54, 1.807) is 0 Å². The van der Waals surface area contributed by atoms with Crippen LogP contribution in [0.5, 0.6) is 0 Å². The summed E-state index contributed by atoms with van der Waals surface area (Å²) in [5.74, 6) is -0.376. The Morgan fingerprint density at radius 1 is 1.00 bits per heavy atom. The van der Waals surface area contributed by atoms with Crippen molar-refractivity contribution < 1.29 is 9.53 Å². The normalized spacial score (nSPS) is 8.70. The Kier molecular flexibility index (Phi) is 10.1. The molecule has 0 bridgehead atoms. The largest absolute Gasteiger partial charge is 0.460 e. The Labute approximate surface area is 127 Å². The minimum Gasteiger partial charge on any atom is -0.460 e. The first kappa shape index (κ1) is 18.2. The van der Waals surface area contributed by atoms with Gasteiger partial charge in [-0.15, -0.1) is 0 Å². The molecule has 0 atom stereocenters. The predicted octanol–water partition coefficient (Wildman–Crippen LogP) is 2.80. The molecule has 20 heavy (non-hydrogen) atoms. The molecule has 0 fully saturated rings. The molecule has 4 heteroatoms. The number of carbonyl (C=O) groups is 1. The number of aryl methyl sites for hydroxylation is 1. The van der Waals surface area contributed by atoms with Crippen molar-refractivity contribution >= 4 is 19.5 Å². The zero-order valence-corrected chi connectivity index (χ0v) is 12.6. The summed E-state index contributed by atoms with van der Waals surface area (Å²) in [6.45, 7) is 2.32. The van der Waals surface area contributed by atoms with Gasteiger partial charge >= 0.3 is 5.97 Å². The fourth-order valence-electron chi connectivity index (χ4n) is 1.33. The second-order valence-corrected chi connectivity index (χ2v) is 4.01. The standard InChI is InChI=1S/C9H11NO2.C7H8.H2S/c10-6-9(11)12-7-8-4-2-1-3-5-8;1-7-5-3-2-4-6-7;/h1-5H,6-7,10H2;2-6H,1H3;1H2. The van der Waals surface area contributed by atoms with E-state index in [1.807, 2.05) is 48.5 Å². The summed E-state index contributed by atoms with van der Waals surface area (Å²) < 4.78 is 4.81. The molecule has 0 spiro atoms. The molecule has 2 N–H and O–H groups in total. The quantitative estimate of drug-likeness (QED) is 0.885. The maximum atomic E-state index is 10.6. The Hall–Kier alpha value is -1.78. The Bertz CT molecular complexity index is 474. The Morgan fingerprint density at radius 2 is 1.50 bits per heavy atom. The molecule has 0 saturated heterocycles. The summed E-state index contributed by atoms with van der Waals surface area (Å²) in [7, 11) is 0. The molecule has 2 aromatic rings. The highest BCUT2D eigenvalue weighted by Gasteiger charge is 1.97. The highest BCUT2D eigenvalue weighted by molar-refractivity contribution is 7.59. The Morgan fingerprint density at radius 3 is 1.90 bits per heavy atom. The third-order valence-corrected chi connectivity index (χ3v) is 2.35. The number of carbonyl (C=O) groups excluding carboxylic acids is 1. The molecule has 2 aromatic carbocycles. The van der Waals surface area contributed by atoms with E-state index in [1.165, 1.54) is 5.56 Å². The van der Waals surface area contributed by atoms with Crippen molar-refractivity contribution in [2.45, 2.75) is 13.5 Å². The third kappa shape index (κ3) is 8.34. The van der Waals surface area contributed by atoms with Gasteiger partial charge in [-0.1, -0.05) is 66.2 Å². The minimum absolute atomic E-state index is 0. The molecular formula is C16H21NO2S. The maximum Gasteiger partial charge on any atom is 0.320 e. The average Bonchev–Trinajstić information content (AvgIpc) is 2.47. The van der Waals surface area contributed by atoms with Crippen molar-refractivity contribution in [3.05, 3.63) is 71.8 Å². The summed E-state index contributed by atoms with van der Waals surface area (Å²) in [5.41, 5.74) is 7.35. The molecule has 2 rings (SSSR count). The third-order valence-electron chi connectivity index (χ3n) is 2.35. The number of nitrogens with two attached hydrogens (primary N) is 1. The molecule has 0 aliphatic heterocycles. The molecule has 0 aromatic heterocycles. The fraction of sp³-hybridized carbons (Fsp3) is 0.188. The van der Waals surface area contributed by atoms with Gasteiger partial charge in [0.2, 0.25) is 0 Å². The van der Waals surface area contributed by atoms with E-state index in [0.717, 1.165) is 5.56 Å². The van der Waals surface area contributed by atoms with Gasteiger partial charge in [0.15, 0.2) is 0 Å². The van der Waals surface area contributed by atoms with Gasteiger partial charge in [0, 0.05) is 0 Å². The smallest absolute Gasteiger partial charge is 0.320 e. The molecule has 0 unspecified atom stereocenters. The fourth-order valence-corrected chi connectivity index (χ4v) is 1.33. The first-order valence-electron chi connectivity index (χ1n) is 6.13. The molecule has 0 amide bonds. The second kappa shape index (κ2) is 11.1. The minimum atomic E-state index is -0.376. The van der Waals surface area contributed by atoms with Gasteiger partial charge in [-0.3, -0.25) is 4.79 Å². The van der Waals surface area contributed by atoms with Crippen LogP contribution in [0, 0.1) is 6.92 Å². The maximum absolute atomic E-state index is 10.6. The van der Waals surface area contributed by atoms with E-state index in [4.69, 9.17) is 10.5 Å². The topological polar surface area (TPSA) is 52.3 Å². The van der Waals surface area contributed by atoms with Crippen molar-refractivity contribution in [1.82, 2.24) is 0 Å². The first-order chi connectivity index (χ1) is 9.22. The van der Waals surface area contributed by atoms with Crippen LogP contribution in [-0.2, 0) is 16.1 Å². The number of esters is 1. The predicted molar refractivity (Wildman–Crippen MR) is 86.9 cm³/mol. The van der Waals surface area contributed by atoms with Gasteiger partial charge in [-0.05, 0) is 12.5 Å². The molecule has 0 saturated carbocycles. The monoisotopic (exact) mass is 291 g/mol. The van der Waals surface area contributed by atoms with Crippen LogP contribution >= 0.6 is 13.5 Å². The van der Waals surface area contributed by atoms with Gasteiger partial charge in [0.1, 0.15) is 6.61 Å². The zero-order chi connectivity index (χ0) is 13.9. The van der Waals surface area contributed by atoms with Crippen LogP contribution in [0.25, 0.3) is 0 Å². The highest BCUT2D eigenvalue weighted by atomic mass is 32.1. The zero-order valence-electron chi connectivity index (χ0n) is 11.6. The van der Waals surface area contributed by atoms with Gasteiger partial charge < -0.3 is 10.5 Å². The number of ether oxygens (including phenoxy) is 1. The van der Waals surface area contributed by atoms with Gasteiger partial charge in [-0.25, -0.2) is 0 Å². The van der Waals surface area contributed by atoms with Crippen LogP contribution in [0.1, 0.15) is 11.1 Å². The molecule has 3 nitrogen and oxygen atoms in total. The lowest BCUT2D eigenvalue weighted by atomic mass is 10.2. The molecule has 0 aliphatic carbocycles. The lowest BCUT2D eigenvalue weighted by molar-refractivity contribution is -0.143. The molecular weight excluding hydrogens is 270 g/mol. The summed E-state index contributed by atoms with van der Waals surface area (Å²) >= 11 is 0. The van der Waals surface area contributed by atoms with E-state index < -0.39 is 0 Å². The van der Waals surface area contributed by atoms with Crippen molar-refractivity contribution in [2.75, 3.05) is 6.54 Å². The van der Waals surface area contributed by atoms with Crippen LogP contribution < -0.4 is 5.73 Å². The summed E-state index contributed by atoms with van der Waals surface area (Å²) in [4.78, 5) is 10.6. The highest BCUT2D eigenvalue weighted by Crippen LogP contribution is 1.99. The van der Waals surface area contributed by atoms with Gasteiger partial charge in [-0.2, -0.15) is 13.5 Å². The lowest BCUT2D eigenvalue weighted by Crippen LogP contribution is -2.16. The van der Waals surface area contributed by atoms with Gasteiger partial charge in [0.25, 0.3) is 0 Å². The van der Waals surface area contributed by atoms with Crippen LogP contribution in [0.3, 0.4) is 0 Å². The van der Waals surface area contributed by atoms with Crippen molar-refractivity contribution in [3.8, 4) is 0 Å². The number of benzene rings is 2. The van der Waals surface area contributed by atoms with E-state index in [0.29, 0.717) is 6.61 Å². The second-order valence-electron chi connectivity index (χ2n) is 4.01. The van der Waals surface area contributed by atoms with E-state index >= 15 is 0 Å². The van der Waals surface area contributed by atoms with Crippen molar-refractivity contribution in [3.63, 3.8) is 0 Å². The first-order valence-corrected chi connectivity index (χ1v) is 6.13. The van der Waals surface area contributed by atoms with Crippen LogP contribution in [0.15, 0.2) is 60.7 Å². The average molecular weight is 291 g/mol. The van der Waals surface area contributed by atoms with Crippen LogP contribution in [0.4, 0.5) is 0 Å². The summed E-state index contributed by atoms with van der Waals surface area (Å²) in [5, 5.41) is 0. The SMILES string of the molecule is Cc1ccccc1.NCC(=O)OCc1ccccc1.S. The van der Waals surface area contributed by atoms with Crippen molar-refractivity contribution in [2.24, 2.45) is 5.73 Å². The van der Waals surface area contributed by atoms with E-state index in [-0.39, 0.29) is 26.0 Å². The molecule has 0 aliphatic rings. The number of rotatable bonds is 3. The van der Waals surface area contributed by atoms with E-state index in [2.05, 4.69) is 19.1 Å². The lowest BCUT2D eigenvalue weighted by Gasteiger charge is -2.01. The summed E-state index contributed by atoms with van der Waals surface area (Å²) in [6, 6.07) is 19.7.